The summed E-state index contributed by atoms with van der Waals surface area (Å²) in [7, 11) is 0. The van der Waals surface area contributed by atoms with Crippen molar-refractivity contribution in [1.82, 2.24) is 10.1 Å². The molecule has 0 amide bonds. The first kappa shape index (κ1) is 31.3. The molecule has 1 heterocycles. The number of rotatable bonds is 16. The standard InChI is InChI=1S/C39H40N2O4/c1-29(42)34-22-17-31(18-23-34)15-16-32(28-33-20-25-36(26-21-33)38-40-39(43)45-41-38)19-24-35-13-7-8-14-37(35)44-27-9-3-6-12-30-10-4-2-5-11-30/h2,4-5,7-8,10-11,13-14,17-26,32,42H,1,3,6,9,12,15-16,27-28H2,(H,40,41,43)/b24-19+. The van der Waals surface area contributed by atoms with Gasteiger partial charge in [0.1, 0.15) is 11.5 Å². The summed E-state index contributed by atoms with van der Waals surface area (Å²) in [5.41, 5.74) is 6.39. The predicted octanol–water partition coefficient (Wildman–Crippen LogP) is 8.86. The van der Waals surface area contributed by atoms with Crippen LogP contribution in [0.3, 0.4) is 0 Å². The number of nitrogens with one attached hydrogen (secondary N) is 1. The molecule has 0 bridgehead atoms. The minimum atomic E-state index is -0.567. The van der Waals surface area contributed by atoms with Crippen LogP contribution in [0.25, 0.3) is 23.2 Å². The summed E-state index contributed by atoms with van der Waals surface area (Å²) in [5, 5.41) is 13.5. The van der Waals surface area contributed by atoms with Crippen LogP contribution in [0.2, 0.25) is 0 Å². The molecule has 1 atom stereocenters. The average molecular weight is 601 g/mol. The van der Waals surface area contributed by atoms with Crippen molar-refractivity contribution < 1.29 is 14.4 Å². The minimum Gasteiger partial charge on any atom is -0.508 e. The maximum Gasteiger partial charge on any atom is 0.439 e. The zero-order valence-electron chi connectivity index (χ0n) is 25.5. The lowest BCUT2D eigenvalue weighted by atomic mass is 9.91. The van der Waals surface area contributed by atoms with Crippen molar-refractivity contribution in [3.8, 4) is 17.1 Å². The molecule has 0 aliphatic heterocycles. The summed E-state index contributed by atoms with van der Waals surface area (Å²) in [6.45, 7) is 4.31. The number of aromatic nitrogens is 2. The number of ether oxygens (including phenoxy) is 1. The number of hydrogen-bond donors (Lipinski definition) is 2. The Labute approximate surface area is 264 Å². The fourth-order valence-electron chi connectivity index (χ4n) is 5.36. The van der Waals surface area contributed by atoms with E-state index in [1.807, 2.05) is 54.6 Å². The Kier molecular flexibility index (Phi) is 11.2. The van der Waals surface area contributed by atoms with Crippen LogP contribution in [0.4, 0.5) is 0 Å². The van der Waals surface area contributed by atoms with Gasteiger partial charge in [-0.05, 0) is 73.6 Å². The summed E-state index contributed by atoms with van der Waals surface area (Å²) < 4.78 is 10.9. The maximum absolute atomic E-state index is 11.4. The predicted molar refractivity (Wildman–Crippen MR) is 181 cm³/mol. The highest BCUT2D eigenvalue weighted by atomic mass is 16.5. The Morgan fingerprint density at radius 2 is 1.56 bits per heavy atom. The van der Waals surface area contributed by atoms with Crippen LogP contribution in [0.5, 0.6) is 5.75 Å². The van der Waals surface area contributed by atoms with E-state index >= 15 is 0 Å². The summed E-state index contributed by atoms with van der Waals surface area (Å²) in [6.07, 6.45) is 11.6. The number of para-hydroxylation sites is 1. The van der Waals surface area contributed by atoms with Gasteiger partial charge in [-0.1, -0.05) is 121 Å². The van der Waals surface area contributed by atoms with E-state index in [0.717, 1.165) is 67.4 Å². The first-order valence-corrected chi connectivity index (χ1v) is 15.6. The lowest BCUT2D eigenvalue weighted by Crippen LogP contribution is -2.04. The fourth-order valence-corrected chi connectivity index (χ4v) is 5.36. The first-order chi connectivity index (χ1) is 22.0. The van der Waals surface area contributed by atoms with Gasteiger partial charge >= 0.3 is 5.76 Å². The van der Waals surface area contributed by atoms with Crippen molar-refractivity contribution in [3.63, 3.8) is 0 Å². The van der Waals surface area contributed by atoms with Gasteiger partial charge in [-0.15, -0.1) is 0 Å². The second-order valence-electron chi connectivity index (χ2n) is 11.3. The van der Waals surface area contributed by atoms with E-state index in [9.17, 15) is 9.90 Å². The van der Waals surface area contributed by atoms with Crippen LogP contribution in [-0.4, -0.2) is 21.9 Å². The minimum absolute atomic E-state index is 0.0774. The Bertz CT molecular complexity index is 1720. The Balaban J connectivity index is 1.22. The molecule has 6 nitrogen and oxygen atoms in total. The number of nitrogens with zero attached hydrogens (tertiary/aromatic N) is 1. The van der Waals surface area contributed by atoms with Crippen molar-refractivity contribution >= 4 is 11.8 Å². The number of aromatic amines is 1. The van der Waals surface area contributed by atoms with E-state index in [-0.39, 0.29) is 11.7 Å². The molecule has 45 heavy (non-hydrogen) atoms. The molecular formula is C39H40N2O4. The molecule has 2 N–H and O–H groups in total. The lowest BCUT2D eigenvalue weighted by molar-refractivity contribution is 0.304. The van der Waals surface area contributed by atoms with E-state index in [4.69, 9.17) is 4.74 Å². The molecule has 0 radical (unpaired) electrons. The number of aliphatic hydroxyl groups excluding tert-OH is 1. The third-order valence-electron chi connectivity index (χ3n) is 7.93. The molecule has 6 heteroatoms. The topological polar surface area (TPSA) is 88.3 Å². The van der Waals surface area contributed by atoms with Gasteiger partial charge in [0.2, 0.25) is 0 Å². The highest BCUT2D eigenvalue weighted by molar-refractivity contribution is 5.58. The maximum atomic E-state index is 11.4. The van der Waals surface area contributed by atoms with Crippen molar-refractivity contribution in [2.75, 3.05) is 6.61 Å². The van der Waals surface area contributed by atoms with Gasteiger partial charge in [0.25, 0.3) is 0 Å². The summed E-state index contributed by atoms with van der Waals surface area (Å²) in [6, 6.07) is 34.8. The molecule has 1 aromatic heterocycles. The number of unbranched alkanes of at least 4 members (excludes halogenated alkanes) is 2. The second kappa shape index (κ2) is 16.1. The molecule has 230 valence electrons. The lowest BCUT2D eigenvalue weighted by Gasteiger charge is -2.15. The van der Waals surface area contributed by atoms with Crippen LogP contribution in [0.1, 0.15) is 53.5 Å². The molecule has 5 aromatic rings. The zero-order valence-corrected chi connectivity index (χ0v) is 25.5. The Hall–Kier alpha value is -5.10. The van der Waals surface area contributed by atoms with Gasteiger partial charge in [-0.25, -0.2) is 4.79 Å². The fraction of sp³-hybridized carbons (Fsp3) is 0.231. The van der Waals surface area contributed by atoms with Crippen molar-refractivity contribution in [1.29, 1.82) is 0 Å². The number of aryl methyl sites for hydroxylation is 2. The highest BCUT2D eigenvalue weighted by Crippen LogP contribution is 2.25. The Morgan fingerprint density at radius 3 is 2.29 bits per heavy atom. The molecular weight excluding hydrogens is 560 g/mol. The van der Waals surface area contributed by atoms with Gasteiger partial charge in [0.05, 0.1) is 6.61 Å². The van der Waals surface area contributed by atoms with Crippen LogP contribution >= 0.6 is 0 Å². The molecule has 0 saturated carbocycles. The largest absolute Gasteiger partial charge is 0.508 e. The van der Waals surface area contributed by atoms with Gasteiger partial charge in [-0.3, -0.25) is 9.51 Å². The third kappa shape index (κ3) is 9.70. The molecule has 0 spiro atoms. The Morgan fingerprint density at radius 1 is 0.844 bits per heavy atom. The first-order valence-electron chi connectivity index (χ1n) is 15.6. The summed E-state index contributed by atoms with van der Waals surface area (Å²) >= 11 is 0. The third-order valence-corrected chi connectivity index (χ3v) is 7.93. The van der Waals surface area contributed by atoms with E-state index in [1.54, 1.807) is 0 Å². The normalized spacial score (nSPS) is 11.9. The number of aliphatic hydroxyl groups is 1. The van der Waals surface area contributed by atoms with Gasteiger partial charge in [0, 0.05) is 16.7 Å². The monoisotopic (exact) mass is 600 g/mol. The van der Waals surface area contributed by atoms with Crippen molar-refractivity contribution in [2.24, 2.45) is 5.92 Å². The number of benzene rings is 4. The van der Waals surface area contributed by atoms with E-state index in [2.05, 4.69) is 81.9 Å². The van der Waals surface area contributed by atoms with Gasteiger partial charge in [-0.2, -0.15) is 0 Å². The van der Waals surface area contributed by atoms with Crippen LogP contribution < -0.4 is 10.5 Å². The second-order valence-corrected chi connectivity index (χ2v) is 11.3. The van der Waals surface area contributed by atoms with E-state index in [0.29, 0.717) is 12.4 Å². The van der Waals surface area contributed by atoms with Crippen molar-refractivity contribution in [2.45, 2.75) is 44.9 Å². The van der Waals surface area contributed by atoms with Gasteiger partial charge < -0.3 is 9.84 Å². The molecule has 4 aromatic carbocycles. The summed E-state index contributed by atoms with van der Waals surface area (Å²) in [5.74, 6) is 1.10. The van der Waals surface area contributed by atoms with Crippen LogP contribution in [0.15, 0.2) is 125 Å². The average Bonchev–Trinajstić information content (AvgIpc) is 3.51. The smallest absolute Gasteiger partial charge is 0.439 e. The molecule has 0 aliphatic carbocycles. The van der Waals surface area contributed by atoms with E-state index in [1.165, 1.54) is 16.7 Å². The highest BCUT2D eigenvalue weighted by Gasteiger charge is 2.11. The molecule has 0 fully saturated rings. The number of allylic oxidation sites excluding steroid dienone is 1. The summed E-state index contributed by atoms with van der Waals surface area (Å²) in [4.78, 5) is 14.0. The molecule has 1 unspecified atom stereocenters. The van der Waals surface area contributed by atoms with Crippen LogP contribution in [-0.2, 0) is 19.3 Å². The van der Waals surface area contributed by atoms with E-state index < -0.39 is 5.76 Å². The van der Waals surface area contributed by atoms with Crippen LogP contribution in [0, 0.1) is 5.92 Å². The van der Waals surface area contributed by atoms with Gasteiger partial charge in [0.15, 0.2) is 5.82 Å². The van der Waals surface area contributed by atoms with Crippen molar-refractivity contribution in [3.05, 3.63) is 154 Å². The molecule has 0 aliphatic rings. The molecule has 0 saturated heterocycles. The quantitative estimate of drug-likeness (QED) is 0.0872. The number of hydrogen-bond acceptors (Lipinski definition) is 5. The molecule has 5 rings (SSSR count). The number of H-pyrrole nitrogens is 1. The zero-order chi connectivity index (χ0) is 31.3. The SMILES string of the molecule is C=C(O)c1ccc(CCC(/C=C/c2ccccc2OCCCCCc2ccccc2)Cc2ccc(-c3noc(=O)[nH]3)cc2)cc1.